The molecule has 1 fully saturated rings. The second-order valence-corrected chi connectivity index (χ2v) is 5.85. The summed E-state index contributed by atoms with van der Waals surface area (Å²) in [7, 11) is 0. The standard InChI is InChI=1S/C19H15NO3/c1-13-17(21)23-12-19(13)15-9-5-6-10-16(15)20(18(19)22)11-14-7-3-2-4-8-14/h2-10H,1,11-12H2/t19-/m1/s1. The van der Waals surface area contributed by atoms with Gasteiger partial charge in [-0.15, -0.1) is 0 Å². The first kappa shape index (κ1) is 13.8. The number of rotatable bonds is 2. The van der Waals surface area contributed by atoms with E-state index in [0.717, 1.165) is 16.8 Å². The molecule has 0 aliphatic carbocycles. The molecule has 2 aliphatic rings. The topological polar surface area (TPSA) is 46.6 Å². The first-order valence-electron chi connectivity index (χ1n) is 7.46. The molecule has 4 heteroatoms. The summed E-state index contributed by atoms with van der Waals surface area (Å²) in [6.45, 7) is 4.33. The summed E-state index contributed by atoms with van der Waals surface area (Å²) < 4.78 is 5.14. The van der Waals surface area contributed by atoms with Gasteiger partial charge in [0.25, 0.3) is 0 Å². The lowest BCUT2D eigenvalue weighted by Gasteiger charge is -2.22. The van der Waals surface area contributed by atoms with Crippen molar-refractivity contribution in [3.8, 4) is 0 Å². The first-order chi connectivity index (χ1) is 11.1. The zero-order valence-corrected chi connectivity index (χ0v) is 12.5. The number of carbonyl (C=O) groups excluding carboxylic acids is 2. The van der Waals surface area contributed by atoms with Gasteiger partial charge in [-0.1, -0.05) is 55.1 Å². The van der Waals surface area contributed by atoms with Crippen molar-refractivity contribution < 1.29 is 14.3 Å². The molecule has 2 aromatic carbocycles. The van der Waals surface area contributed by atoms with E-state index in [4.69, 9.17) is 4.74 Å². The van der Waals surface area contributed by atoms with Crippen LogP contribution in [-0.4, -0.2) is 18.5 Å². The number of nitrogens with zero attached hydrogens (tertiary/aromatic N) is 1. The van der Waals surface area contributed by atoms with E-state index in [1.807, 2.05) is 54.6 Å². The minimum atomic E-state index is -1.07. The number of carbonyl (C=O) groups is 2. The Morgan fingerprint density at radius 1 is 1.04 bits per heavy atom. The summed E-state index contributed by atoms with van der Waals surface area (Å²) in [5.41, 5.74) is 1.81. The molecule has 1 spiro atoms. The average Bonchev–Trinajstić information content (AvgIpc) is 3.01. The summed E-state index contributed by atoms with van der Waals surface area (Å²) in [6.07, 6.45) is 0. The fourth-order valence-electron chi connectivity index (χ4n) is 3.40. The van der Waals surface area contributed by atoms with Gasteiger partial charge in [-0.25, -0.2) is 4.79 Å². The third-order valence-corrected chi connectivity index (χ3v) is 4.63. The molecule has 0 radical (unpaired) electrons. The fourth-order valence-corrected chi connectivity index (χ4v) is 3.40. The molecule has 1 atom stereocenters. The van der Waals surface area contributed by atoms with Gasteiger partial charge in [0.15, 0.2) is 0 Å². The zero-order chi connectivity index (χ0) is 16.0. The smallest absolute Gasteiger partial charge is 0.335 e. The third kappa shape index (κ3) is 1.78. The Balaban J connectivity index is 1.83. The summed E-state index contributed by atoms with van der Waals surface area (Å²) >= 11 is 0. The Bertz CT molecular complexity index is 828. The molecule has 0 N–H and O–H groups in total. The average molecular weight is 305 g/mol. The van der Waals surface area contributed by atoms with E-state index in [-0.39, 0.29) is 18.1 Å². The molecule has 0 aromatic heterocycles. The van der Waals surface area contributed by atoms with E-state index in [1.165, 1.54) is 0 Å². The predicted molar refractivity (Wildman–Crippen MR) is 85.9 cm³/mol. The Morgan fingerprint density at radius 3 is 2.43 bits per heavy atom. The number of amides is 1. The summed E-state index contributed by atoms with van der Waals surface area (Å²) in [5.74, 6) is -0.631. The quantitative estimate of drug-likeness (QED) is 0.633. The van der Waals surface area contributed by atoms with Crippen LogP contribution in [0.25, 0.3) is 0 Å². The van der Waals surface area contributed by atoms with Crippen molar-refractivity contribution in [1.82, 2.24) is 0 Å². The van der Waals surface area contributed by atoms with Crippen LogP contribution in [0.5, 0.6) is 0 Å². The maximum absolute atomic E-state index is 13.2. The van der Waals surface area contributed by atoms with Crippen LogP contribution in [0, 0.1) is 0 Å². The van der Waals surface area contributed by atoms with E-state index in [1.54, 1.807) is 4.90 Å². The van der Waals surface area contributed by atoms with Gasteiger partial charge >= 0.3 is 5.97 Å². The molecule has 0 unspecified atom stereocenters. The van der Waals surface area contributed by atoms with Crippen LogP contribution in [0.1, 0.15) is 11.1 Å². The Morgan fingerprint density at radius 2 is 1.74 bits per heavy atom. The van der Waals surface area contributed by atoms with Crippen LogP contribution < -0.4 is 4.90 Å². The first-order valence-corrected chi connectivity index (χ1v) is 7.46. The van der Waals surface area contributed by atoms with Gasteiger partial charge in [0.1, 0.15) is 12.0 Å². The number of benzene rings is 2. The largest absolute Gasteiger partial charge is 0.460 e. The van der Waals surface area contributed by atoms with Crippen LogP contribution in [0.4, 0.5) is 5.69 Å². The molecular weight excluding hydrogens is 290 g/mol. The van der Waals surface area contributed by atoms with Gasteiger partial charge in [-0.3, -0.25) is 4.79 Å². The van der Waals surface area contributed by atoms with Crippen molar-refractivity contribution in [2.24, 2.45) is 0 Å². The number of fused-ring (bicyclic) bond motifs is 2. The number of anilines is 1. The predicted octanol–water partition coefficient (Wildman–Crippen LogP) is 2.58. The lowest BCUT2D eigenvalue weighted by molar-refractivity contribution is -0.135. The van der Waals surface area contributed by atoms with Crippen molar-refractivity contribution in [3.05, 3.63) is 77.9 Å². The molecule has 23 heavy (non-hydrogen) atoms. The molecule has 2 aromatic rings. The van der Waals surface area contributed by atoms with Gasteiger partial charge in [0.2, 0.25) is 5.91 Å². The van der Waals surface area contributed by atoms with Gasteiger partial charge in [0.05, 0.1) is 12.1 Å². The normalized spacial score (nSPS) is 22.6. The minimum absolute atomic E-state index is 0.0335. The van der Waals surface area contributed by atoms with Gasteiger partial charge in [-0.2, -0.15) is 0 Å². The van der Waals surface area contributed by atoms with Crippen LogP contribution in [0.2, 0.25) is 0 Å². The second kappa shape index (κ2) is 4.81. The van der Waals surface area contributed by atoms with E-state index < -0.39 is 11.4 Å². The Kier molecular flexibility index (Phi) is 2.88. The number of para-hydroxylation sites is 1. The molecule has 1 amide bonds. The number of hydrogen-bond acceptors (Lipinski definition) is 3. The molecule has 0 bridgehead atoms. The van der Waals surface area contributed by atoms with Crippen molar-refractivity contribution in [2.75, 3.05) is 11.5 Å². The minimum Gasteiger partial charge on any atom is -0.460 e. The molecule has 0 saturated carbocycles. The van der Waals surface area contributed by atoms with Crippen LogP contribution in [-0.2, 0) is 26.3 Å². The molecule has 1 saturated heterocycles. The number of cyclic esters (lactones) is 1. The van der Waals surface area contributed by atoms with E-state index in [2.05, 4.69) is 6.58 Å². The highest BCUT2D eigenvalue weighted by Gasteiger charge is 2.59. The van der Waals surface area contributed by atoms with Crippen molar-refractivity contribution in [3.63, 3.8) is 0 Å². The molecule has 4 nitrogen and oxygen atoms in total. The van der Waals surface area contributed by atoms with Crippen LogP contribution in [0.15, 0.2) is 66.7 Å². The zero-order valence-electron chi connectivity index (χ0n) is 12.5. The van der Waals surface area contributed by atoms with E-state index in [9.17, 15) is 9.59 Å². The summed E-state index contributed by atoms with van der Waals surface area (Å²) in [6, 6.07) is 17.3. The maximum Gasteiger partial charge on any atom is 0.335 e. The molecule has 114 valence electrons. The highest BCUT2D eigenvalue weighted by atomic mass is 16.5. The molecule has 4 rings (SSSR count). The lowest BCUT2D eigenvalue weighted by Crippen LogP contribution is -2.41. The summed E-state index contributed by atoms with van der Waals surface area (Å²) in [4.78, 5) is 26.8. The van der Waals surface area contributed by atoms with Crippen molar-refractivity contribution in [2.45, 2.75) is 12.0 Å². The van der Waals surface area contributed by atoms with Crippen LogP contribution >= 0.6 is 0 Å². The third-order valence-electron chi connectivity index (χ3n) is 4.63. The van der Waals surface area contributed by atoms with Gasteiger partial charge < -0.3 is 9.64 Å². The number of esters is 1. The SMILES string of the molecule is C=C1C(=O)OC[C@@]12C(=O)N(Cc1ccccc1)c1ccccc12. The monoisotopic (exact) mass is 305 g/mol. The maximum atomic E-state index is 13.2. The molecule has 2 aliphatic heterocycles. The van der Waals surface area contributed by atoms with Crippen LogP contribution in [0.3, 0.4) is 0 Å². The van der Waals surface area contributed by atoms with E-state index in [0.29, 0.717) is 6.54 Å². The summed E-state index contributed by atoms with van der Waals surface area (Å²) in [5, 5.41) is 0. The Hall–Kier alpha value is -2.88. The van der Waals surface area contributed by atoms with E-state index >= 15 is 0 Å². The highest BCUT2D eigenvalue weighted by Crippen LogP contribution is 2.49. The number of ether oxygens (including phenoxy) is 1. The van der Waals surface area contributed by atoms with Gasteiger partial charge in [0, 0.05) is 5.69 Å². The fraction of sp³-hybridized carbons (Fsp3) is 0.158. The molecule has 2 heterocycles. The van der Waals surface area contributed by atoms with Crippen molar-refractivity contribution >= 4 is 17.6 Å². The number of hydrogen-bond donors (Lipinski definition) is 0. The second-order valence-electron chi connectivity index (χ2n) is 5.85. The Labute approximate surface area is 134 Å². The lowest BCUT2D eigenvalue weighted by atomic mass is 9.78. The van der Waals surface area contributed by atoms with Crippen molar-refractivity contribution in [1.29, 1.82) is 0 Å². The van der Waals surface area contributed by atoms with Gasteiger partial charge in [-0.05, 0) is 17.2 Å². The molecular formula is C19H15NO3. The highest BCUT2D eigenvalue weighted by molar-refractivity contribution is 6.16.